The van der Waals surface area contributed by atoms with Crippen molar-refractivity contribution in [2.45, 2.75) is 26.7 Å². The number of amides is 1. The Bertz CT molecular complexity index is 605. The van der Waals surface area contributed by atoms with Crippen molar-refractivity contribution in [3.63, 3.8) is 0 Å². The number of rotatable bonds is 4. The minimum absolute atomic E-state index is 0.0142. The van der Waals surface area contributed by atoms with E-state index < -0.39 is 0 Å². The highest BCUT2D eigenvalue weighted by atomic mass is 35.5. The van der Waals surface area contributed by atoms with Gasteiger partial charge in [-0.3, -0.25) is 4.79 Å². The van der Waals surface area contributed by atoms with Crippen molar-refractivity contribution in [2.75, 3.05) is 5.32 Å². The zero-order valence-electron chi connectivity index (χ0n) is 11.7. The maximum atomic E-state index is 12.0. The SMILES string of the molecule is CCc1ccc(CC(=O)Nc2ccc(Cl)cc2C)cc1. The molecule has 3 heteroatoms. The predicted molar refractivity (Wildman–Crippen MR) is 84.3 cm³/mol. The van der Waals surface area contributed by atoms with Crippen molar-refractivity contribution in [3.8, 4) is 0 Å². The number of nitrogens with one attached hydrogen (secondary N) is 1. The van der Waals surface area contributed by atoms with Crippen molar-refractivity contribution >= 4 is 23.2 Å². The Hall–Kier alpha value is -1.80. The molecular weight excluding hydrogens is 270 g/mol. The van der Waals surface area contributed by atoms with Crippen LogP contribution < -0.4 is 5.32 Å². The van der Waals surface area contributed by atoms with Crippen molar-refractivity contribution in [1.82, 2.24) is 0 Å². The quantitative estimate of drug-likeness (QED) is 0.888. The predicted octanol–water partition coefficient (Wildman–Crippen LogP) is 4.39. The largest absolute Gasteiger partial charge is 0.326 e. The molecule has 2 aromatic carbocycles. The first-order chi connectivity index (χ1) is 9.58. The maximum Gasteiger partial charge on any atom is 0.228 e. The summed E-state index contributed by atoms with van der Waals surface area (Å²) >= 11 is 5.90. The zero-order valence-corrected chi connectivity index (χ0v) is 12.5. The molecular formula is C17H18ClNO. The van der Waals surface area contributed by atoms with E-state index in [-0.39, 0.29) is 5.91 Å². The molecule has 0 spiro atoms. The summed E-state index contributed by atoms with van der Waals surface area (Å²) in [6.07, 6.45) is 1.39. The summed E-state index contributed by atoms with van der Waals surface area (Å²) in [7, 11) is 0. The summed E-state index contributed by atoms with van der Waals surface area (Å²) < 4.78 is 0. The molecule has 2 nitrogen and oxygen atoms in total. The summed E-state index contributed by atoms with van der Waals surface area (Å²) in [6.45, 7) is 4.04. The van der Waals surface area contributed by atoms with Crippen LogP contribution in [-0.4, -0.2) is 5.91 Å². The summed E-state index contributed by atoms with van der Waals surface area (Å²) in [6, 6.07) is 13.6. The fourth-order valence-corrected chi connectivity index (χ4v) is 2.27. The number of benzene rings is 2. The summed E-state index contributed by atoms with van der Waals surface area (Å²) in [4.78, 5) is 12.0. The number of hydrogen-bond donors (Lipinski definition) is 1. The highest BCUT2D eigenvalue weighted by Gasteiger charge is 2.06. The van der Waals surface area contributed by atoms with Crippen LogP contribution in [-0.2, 0) is 17.6 Å². The summed E-state index contributed by atoms with van der Waals surface area (Å²) in [5.74, 6) is -0.0142. The number of halogens is 1. The maximum absolute atomic E-state index is 12.0. The van der Waals surface area contributed by atoms with Gasteiger partial charge in [0.25, 0.3) is 0 Å². The average molecular weight is 288 g/mol. The summed E-state index contributed by atoms with van der Waals surface area (Å²) in [5, 5.41) is 3.59. The third-order valence-electron chi connectivity index (χ3n) is 3.26. The average Bonchev–Trinajstić information content (AvgIpc) is 2.43. The molecule has 2 rings (SSSR count). The molecule has 0 radical (unpaired) electrons. The molecule has 0 aliphatic rings. The molecule has 0 atom stereocenters. The van der Waals surface area contributed by atoms with E-state index in [1.54, 1.807) is 6.07 Å². The van der Waals surface area contributed by atoms with Crippen LogP contribution in [0.25, 0.3) is 0 Å². The van der Waals surface area contributed by atoms with Gasteiger partial charge in [-0.2, -0.15) is 0 Å². The number of aryl methyl sites for hydroxylation is 2. The fourth-order valence-electron chi connectivity index (χ4n) is 2.04. The van der Waals surface area contributed by atoms with Gasteiger partial charge in [-0.1, -0.05) is 42.8 Å². The van der Waals surface area contributed by atoms with E-state index in [4.69, 9.17) is 11.6 Å². The van der Waals surface area contributed by atoms with Gasteiger partial charge in [0.2, 0.25) is 5.91 Å². The van der Waals surface area contributed by atoms with E-state index in [0.717, 1.165) is 23.2 Å². The smallest absolute Gasteiger partial charge is 0.228 e. The van der Waals surface area contributed by atoms with Crippen LogP contribution in [0, 0.1) is 6.92 Å². The van der Waals surface area contributed by atoms with E-state index in [1.807, 2.05) is 31.2 Å². The van der Waals surface area contributed by atoms with Crippen LogP contribution in [0.4, 0.5) is 5.69 Å². The minimum Gasteiger partial charge on any atom is -0.326 e. The van der Waals surface area contributed by atoms with Gasteiger partial charge in [-0.25, -0.2) is 0 Å². The van der Waals surface area contributed by atoms with Gasteiger partial charge in [-0.15, -0.1) is 0 Å². The molecule has 0 saturated heterocycles. The second-order valence-electron chi connectivity index (χ2n) is 4.85. The van der Waals surface area contributed by atoms with Gasteiger partial charge < -0.3 is 5.32 Å². The van der Waals surface area contributed by atoms with Gasteiger partial charge >= 0.3 is 0 Å². The molecule has 104 valence electrons. The van der Waals surface area contributed by atoms with Crippen LogP contribution in [0.5, 0.6) is 0 Å². The number of hydrogen-bond acceptors (Lipinski definition) is 1. The van der Waals surface area contributed by atoms with Gasteiger partial charge in [0, 0.05) is 10.7 Å². The third-order valence-corrected chi connectivity index (χ3v) is 3.49. The molecule has 0 saturated carbocycles. The lowest BCUT2D eigenvalue weighted by molar-refractivity contribution is -0.115. The van der Waals surface area contributed by atoms with Gasteiger partial charge in [-0.05, 0) is 48.2 Å². The minimum atomic E-state index is -0.0142. The van der Waals surface area contributed by atoms with Crippen molar-refractivity contribution in [3.05, 3.63) is 64.2 Å². The molecule has 2 aromatic rings. The molecule has 1 amide bonds. The Morgan fingerprint density at radius 2 is 1.75 bits per heavy atom. The third kappa shape index (κ3) is 3.84. The molecule has 0 aliphatic heterocycles. The Balaban J connectivity index is 2.01. The van der Waals surface area contributed by atoms with Gasteiger partial charge in [0.1, 0.15) is 0 Å². The van der Waals surface area contributed by atoms with Gasteiger partial charge in [0.15, 0.2) is 0 Å². The Kier molecular flexibility index (Phi) is 4.80. The molecule has 0 fully saturated rings. The van der Waals surface area contributed by atoms with E-state index in [2.05, 4.69) is 24.4 Å². The van der Waals surface area contributed by atoms with Crippen LogP contribution in [0.2, 0.25) is 5.02 Å². The molecule has 1 N–H and O–H groups in total. The molecule has 20 heavy (non-hydrogen) atoms. The number of carbonyl (C=O) groups excluding carboxylic acids is 1. The van der Waals surface area contributed by atoms with Crippen LogP contribution in [0.1, 0.15) is 23.6 Å². The number of carbonyl (C=O) groups is 1. The molecule has 0 bridgehead atoms. The topological polar surface area (TPSA) is 29.1 Å². The second-order valence-corrected chi connectivity index (χ2v) is 5.29. The van der Waals surface area contributed by atoms with E-state index in [9.17, 15) is 4.79 Å². The molecule has 0 aromatic heterocycles. The van der Waals surface area contributed by atoms with Crippen molar-refractivity contribution in [2.24, 2.45) is 0 Å². The Morgan fingerprint density at radius 1 is 1.10 bits per heavy atom. The second kappa shape index (κ2) is 6.58. The Labute approximate surface area is 124 Å². The monoisotopic (exact) mass is 287 g/mol. The first-order valence-electron chi connectivity index (χ1n) is 6.72. The molecule has 0 aliphatic carbocycles. The lowest BCUT2D eigenvalue weighted by Gasteiger charge is -2.09. The first-order valence-corrected chi connectivity index (χ1v) is 7.10. The van der Waals surface area contributed by atoms with Crippen molar-refractivity contribution < 1.29 is 4.79 Å². The van der Waals surface area contributed by atoms with Gasteiger partial charge in [0.05, 0.1) is 6.42 Å². The summed E-state index contributed by atoms with van der Waals surface area (Å²) in [5.41, 5.74) is 4.07. The van der Waals surface area contributed by atoms with Crippen LogP contribution in [0.15, 0.2) is 42.5 Å². The fraction of sp³-hybridized carbons (Fsp3) is 0.235. The van der Waals surface area contributed by atoms with Crippen LogP contribution in [0.3, 0.4) is 0 Å². The lowest BCUT2D eigenvalue weighted by atomic mass is 10.1. The zero-order chi connectivity index (χ0) is 14.5. The highest BCUT2D eigenvalue weighted by molar-refractivity contribution is 6.30. The molecule has 0 unspecified atom stereocenters. The number of anilines is 1. The van der Waals surface area contributed by atoms with Crippen molar-refractivity contribution in [1.29, 1.82) is 0 Å². The molecule has 0 heterocycles. The van der Waals surface area contributed by atoms with E-state index in [0.29, 0.717) is 11.4 Å². The van der Waals surface area contributed by atoms with Crippen LogP contribution >= 0.6 is 11.6 Å². The lowest BCUT2D eigenvalue weighted by Crippen LogP contribution is -2.15. The first kappa shape index (κ1) is 14.6. The standard InChI is InChI=1S/C17H18ClNO/c1-3-13-4-6-14(7-5-13)11-17(20)19-16-9-8-15(18)10-12(16)2/h4-10H,3,11H2,1-2H3,(H,19,20). The Morgan fingerprint density at radius 3 is 2.35 bits per heavy atom. The highest BCUT2D eigenvalue weighted by Crippen LogP contribution is 2.19. The normalized spacial score (nSPS) is 10.3. The van der Waals surface area contributed by atoms with E-state index in [1.165, 1.54) is 5.56 Å². The van der Waals surface area contributed by atoms with E-state index >= 15 is 0 Å².